The third kappa shape index (κ3) is 6.01. The van der Waals surface area contributed by atoms with E-state index in [1.54, 1.807) is 0 Å². The van der Waals surface area contributed by atoms with E-state index in [2.05, 4.69) is 54.6 Å². The first-order valence-electron chi connectivity index (χ1n) is 9.66. The molecule has 1 saturated carbocycles. The Kier molecular flexibility index (Phi) is 8.47. The van der Waals surface area contributed by atoms with Crippen molar-refractivity contribution in [2.24, 2.45) is 4.99 Å². The van der Waals surface area contributed by atoms with Gasteiger partial charge in [0, 0.05) is 31.6 Å². The number of nitrogens with one attached hydrogen (secondary N) is 2. The lowest BCUT2D eigenvalue weighted by atomic mass is 10.1. The van der Waals surface area contributed by atoms with Crippen LogP contribution in [0.4, 0.5) is 0 Å². The van der Waals surface area contributed by atoms with Gasteiger partial charge in [0.2, 0.25) is 0 Å². The molecular weight excluding hydrogens is 439 g/mol. The molecule has 5 nitrogen and oxygen atoms in total. The van der Waals surface area contributed by atoms with Crippen molar-refractivity contribution in [2.45, 2.75) is 51.6 Å². The van der Waals surface area contributed by atoms with Crippen LogP contribution in [-0.4, -0.2) is 56.2 Å². The minimum absolute atomic E-state index is 0. The zero-order valence-electron chi connectivity index (χ0n) is 16.3. The minimum Gasteiger partial charge on any atom is -0.493 e. The molecule has 1 aromatic carbocycles. The Labute approximate surface area is 175 Å². The molecule has 1 atom stereocenters. The third-order valence-electron chi connectivity index (χ3n) is 5.14. The number of hydrogen-bond donors (Lipinski definition) is 2. The molecular formula is C20H33IN4O. The predicted molar refractivity (Wildman–Crippen MR) is 119 cm³/mol. The second-order valence-electron chi connectivity index (χ2n) is 7.18. The molecule has 1 unspecified atom stereocenters. The van der Waals surface area contributed by atoms with Gasteiger partial charge in [0.05, 0.1) is 13.2 Å². The molecule has 1 aliphatic heterocycles. The lowest BCUT2D eigenvalue weighted by Gasteiger charge is -2.23. The molecule has 3 rings (SSSR count). The average Bonchev–Trinajstić information content (AvgIpc) is 3.36. The standard InChI is InChI=1S/C20H32N4O.HI/c1-4-21-20(23-14-15(2)24(3)18-6-7-18)22-11-9-16-5-8-19-17(13-16)10-12-25-19;/h5,8,13,15,18H,4,6-7,9-12,14H2,1-3H3,(H2,21,22,23);1H. The van der Waals surface area contributed by atoms with Crippen molar-refractivity contribution in [3.8, 4) is 5.75 Å². The zero-order chi connectivity index (χ0) is 17.6. The highest BCUT2D eigenvalue weighted by Crippen LogP contribution is 2.27. The molecule has 1 heterocycles. The summed E-state index contributed by atoms with van der Waals surface area (Å²) in [6, 6.07) is 7.82. The normalized spacial score (nSPS) is 17.3. The van der Waals surface area contributed by atoms with E-state index < -0.39 is 0 Å². The lowest BCUT2D eigenvalue weighted by Crippen LogP contribution is -2.40. The molecule has 6 heteroatoms. The maximum atomic E-state index is 5.57. The van der Waals surface area contributed by atoms with Gasteiger partial charge in [-0.2, -0.15) is 0 Å². The molecule has 26 heavy (non-hydrogen) atoms. The maximum absolute atomic E-state index is 5.57. The largest absolute Gasteiger partial charge is 0.493 e. The van der Waals surface area contributed by atoms with Crippen molar-refractivity contribution < 1.29 is 4.74 Å². The Morgan fingerprint density at radius 2 is 2.15 bits per heavy atom. The number of rotatable bonds is 8. The zero-order valence-corrected chi connectivity index (χ0v) is 18.6. The molecule has 1 fully saturated rings. The molecule has 2 N–H and O–H groups in total. The van der Waals surface area contributed by atoms with Gasteiger partial charge in [-0.15, -0.1) is 24.0 Å². The van der Waals surface area contributed by atoms with E-state index in [0.717, 1.165) is 56.8 Å². The monoisotopic (exact) mass is 472 g/mol. The van der Waals surface area contributed by atoms with Crippen LogP contribution in [0.25, 0.3) is 0 Å². The Bertz CT molecular complexity index is 603. The van der Waals surface area contributed by atoms with Crippen molar-refractivity contribution >= 4 is 29.9 Å². The number of aliphatic imine (C=N–C) groups is 1. The van der Waals surface area contributed by atoms with E-state index in [1.807, 2.05) is 0 Å². The number of fused-ring (bicyclic) bond motifs is 1. The van der Waals surface area contributed by atoms with Crippen LogP contribution >= 0.6 is 24.0 Å². The average molecular weight is 472 g/mol. The summed E-state index contributed by atoms with van der Waals surface area (Å²) in [5.41, 5.74) is 2.70. The van der Waals surface area contributed by atoms with Crippen LogP contribution < -0.4 is 15.4 Å². The molecule has 0 aromatic heterocycles. The number of halogens is 1. The van der Waals surface area contributed by atoms with E-state index in [9.17, 15) is 0 Å². The van der Waals surface area contributed by atoms with E-state index in [-0.39, 0.29) is 24.0 Å². The first kappa shape index (κ1) is 21.3. The molecule has 0 saturated heterocycles. The smallest absolute Gasteiger partial charge is 0.191 e. The predicted octanol–water partition coefficient (Wildman–Crippen LogP) is 2.82. The molecule has 1 aliphatic carbocycles. The van der Waals surface area contributed by atoms with E-state index >= 15 is 0 Å². The summed E-state index contributed by atoms with van der Waals surface area (Å²) >= 11 is 0. The van der Waals surface area contributed by atoms with Crippen LogP contribution in [0.1, 0.15) is 37.8 Å². The summed E-state index contributed by atoms with van der Waals surface area (Å²) in [7, 11) is 2.22. The summed E-state index contributed by atoms with van der Waals surface area (Å²) in [5.74, 6) is 1.98. The Morgan fingerprint density at radius 3 is 2.88 bits per heavy atom. The summed E-state index contributed by atoms with van der Waals surface area (Å²) in [6.07, 6.45) is 4.71. The van der Waals surface area contributed by atoms with E-state index in [4.69, 9.17) is 9.73 Å². The Hall–Kier alpha value is -1.02. The van der Waals surface area contributed by atoms with Crippen LogP contribution in [0.5, 0.6) is 5.75 Å². The number of guanidine groups is 1. The van der Waals surface area contributed by atoms with Crippen molar-refractivity contribution in [2.75, 3.05) is 33.3 Å². The fourth-order valence-electron chi connectivity index (χ4n) is 3.26. The van der Waals surface area contributed by atoms with Crippen LogP contribution in [0, 0.1) is 0 Å². The van der Waals surface area contributed by atoms with Gasteiger partial charge in [0.15, 0.2) is 5.96 Å². The molecule has 0 amide bonds. The van der Waals surface area contributed by atoms with Gasteiger partial charge in [0.1, 0.15) is 5.75 Å². The maximum Gasteiger partial charge on any atom is 0.191 e. The summed E-state index contributed by atoms with van der Waals surface area (Å²) in [4.78, 5) is 7.22. The van der Waals surface area contributed by atoms with Gasteiger partial charge < -0.3 is 15.4 Å². The highest BCUT2D eigenvalue weighted by Gasteiger charge is 2.28. The van der Waals surface area contributed by atoms with Crippen LogP contribution in [-0.2, 0) is 12.8 Å². The highest BCUT2D eigenvalue weighted by atomic mass is 127. The van der Waals surface area contributed by atoms with E-state index in [0.29, 0.717) is 6.04 Å². The van der Waals surface area contributed by atoms with Crippen molar-refractivity contribution in [1.82, 2.24) is 15.5 Å². The molecule has 0 spiro atoms. The Balaban J connectivity index is 0.00000243. The molecule has 0 bridgehead atoms. The molecule has 146 valence electrons. The fraction of sp³-hybridized carbons (Fsp3) is 0.650. The molecule has 2 aliphatic rings. The van der Waals surface area contributed by atoms with Gasteiger partial charge in [-0.25, -0.2) is 0 Å². The first-order chi connectivity index (χ1) is 12.2. The summed E-state index contributed by atoms with van der Waals surface area (Å²) in [5, 5.41) is 6.82. The van der Waals surface area contributed by atoms with Gasteiger partial charge in [-0.1, -0.05) is 12.1 Å². The Morgan fingerprint density at radius 1 is 1.35 bits per heavy atom. The SMILES string of the molecule is CCNC(=NCC(C)N(C)C1CC1)NCCc1ccc2c(c1)CCO2.I. The van der Waals surface area contributed by atoms with Crippen LogP contribution in [0.3, 0.4) is 0 Å². The third-order valence-corrected chi connectivity index (χ3v) is 5.14. The fourth-order valence-corrected chi connectivity index (χ4v) is 3.26. The second kappa shape index (κ2) is 10.3. The number of hydrogen-bond acceptors (Lipinski definition) is 3. The quantitative estimate of drug-likeness (QED) is 0.347. The van der Waals surface area contributed by atoms with Gasteiger partial charge in [0.25, 0.3) is 0 Å². The lowest BCUT2D eigenvalue weighted by molar-refractivity contribution is 0.253. The van der Waals surface area contributed by atoms with Crippen molar-refractivity contribution in [3.63, 3.8) is 0 Å². The van der Waals surface area contributed by atoms with Gasteiger partial charge in [-0.05, 0) is 57.4 Å². The summed E-state index contributed by atoms with van der Waals surface area (Å²) < 4.78 is 5.57. The van der Waals surface area contributed by atoms with Crippen molar-refractivity contribution in [3.05, 3.63) is 29.3 Å². The molecule has 0 radical (unpaired) electrons. The van der Waals surface area contributed by atoms with Crippen LogP contribution in [0.2, 0.25) is 0 Å². The molecule has 1 aromatic rings. The summed E-state index contributed by atoms with van der Waals surface area (Å²) in [6.45, 7) is 7.79. The number of likely N-dealkylation sites (N-methyl/N-ethyl adjacent to an activating group) is 1. The van der Waals surface area contributed by atoms with Gasteiger partial charge >= 0.3 is 0 Å². The first-order valence-corrected chi connectivity index (χ1v) is 9.66. The van der Waals surface area contributed by atoms with Crippen molar-refractivity contribution in [1.29, 1.82) is 0 Å². The number of nitrogens with zero attached hydrogens (tertiary/aromatic N) is 2. The topological polar surface area (TPSA) is 48.9 Å². The van der Waals surface area contributed by atoms with Gasteiger partial charge in [-0.3, -0.25) is 9.89 Å². The highest BCUT2D eigenvalue weighted by molar-refractivity contribution is 14.0. The minimum atomic E-state index is 0. The second-order valence-corrected chi connectivity index (χ2v) is 7.18. The van der Waals surface area contributed by atoms with Crippen LogP contribution in [0.15, 0.2) is 23.2 Å². The number of ether oxygens (including phenoxy) is 1. The van der Waals surface area contributed by atoms with E-state index in [1.165, 1.54) is 24.0 Å². The number of benzene rings is 1.